The van der Waals surface area contributed by atoms with Crippen molar-refractivity contribution in [3.8, 4) is 17.2 Å². The molecule has 1 saturated heterocycles. The number of guanidine groups is 1. The van der Waals surface area contributed by atoms with E-state index in [-0.39, 0.29) is 24.0 Å². The van der Waals surface area contributed by atoms with E-state index in [1.54, 1.807) is 28.4 Å². The zero-order valence-corrected chi connectivity index (χ0v) is 21.6. The first-order valence-electron chi connectivity index (χ1n) is 10.5. The van der Waals surface area contributed by atoms with Crippen LogP contribution in [0.1, 0.15) is 32.3 Å². The maximum absolute atomic E-state index is 5.42. The minimum Gasteiger partial charge on any atom is -0.493 e. The van der Waals surface area contributed by atoms with Gasteiger partial charge in [-0.2, -0.15) is 0 Å². The highest BCUT2D eigenvalue weighted by Gasteiger charge is 2.21. The van der Waals surface area contributed by atoms with E-state index in [0.717, 1.165) is 42.9 Å². The topological polar surface area (TPSA) is 67.4 Å². The summed E-state index contributed by atoms with van der Waals surface area (Å²) in [7, 11) is 6.64. The Morgan fingerprint density at radius 3 is 2.13 bits per heavy atom. The zero-order chi connectivity index (χ0) is 21.2. The second-order valence-corrected chi connectivity index (χ2v) is 7.95. The molecule has 1 aromatic rings. The van der Waals surface area contributed by atoms with Gasteiger partial charge in [-0.05, 0) is 48.9 Å². The quantitative estimate of drug-likeness (QED) is 0.219. The second kappa shape index (κ2) is 13.8. The van der Waals surface area contributed by atoms with Crippen LogP contribution >= 0.6 is 24.0 Å². The Labute approximate surface area is 199 Å². The van der Waals surface area contributed by atoms with Crippen molar-refractivity contribution in [3.05, 3.63) is 17.7 Å². The molecule has 0 saturated carbocycles. The summed E-state index contributed by atoms with van der Waals surface area (Å²) in [6.45, 7) is 9.79. The van der Waals surface area contributed by atoms with Crippen molar-refractivity contribution < 1.29 is 14.2 Å². The zero-order valence-electron chi connectivity index (χ0n) is 19.3. The lowest BCUT2D eigenvalue weighted by Crippen LogP contribution is -2.41. The molecule has 172 valence electrons. The van der Waals surface area contributed by atoms with E-state index < -0.39 is 0 Å². The summed E-state index contributed by atoms with van der Waals surface area (Å²) >= 11 is 0. The third-order valence-electron chi connectivity index (χ3n) is 5.30. The lowest BCUT2D eigenvalue weighted by molar-refractivity contribution is 0.140. The van der Waals surface area contributed by atoms with Gasteiger partial charge in [0, 0.05) is 33.2 Å². The van der Waals surface area contributed by atoms with E-state index in [9.17, 15) is 0 Å². The number of ether oxygens (including phenoxy) is 3. The van der Waals surface area contributed by atoms with Crippen molar-refractivity contribution >= 4 is 29.9 Å². The van der Waals surface area contributed by atoms with E-state index >= 15 is 0 Å². The Balaban J connectivity index is 0.00000450. The van der Waals surface area contributed by atoms with Crippen molar-refractivity contribution in [1.82, 2.24) is 15.5 Å². The molecule has 2 atom stereocenters. The molecule has 1 aliphatic rings. The van der Waals surface area contributed by atoms with Crippen LogP contribution in [-0.4, -0.2) is 65.4 Å². The lowest BCUT2D eigenvalue weighted by Gasteiger charge is -2.35. The molecule has 0 aromatic heterocycles. The van der Waals surface area contributed by atoms with E-state index in [1.165, 1.54) is 19.5 Å². The van der Waals surface area contributed by atoms with Crippen LogP contribution < -0.4 is 24.8 Å². The first kappa shape index (κ1) is 26.6. The van der Waals surface area contributed by atoms with Gasteiger partial charge in [0.15, 0.2) is 17.5 Å². The van der Waals surface area contributed by atoms with Crippen LogP contribution in [-0.2, 0) is 6.54 Å². The number of nitrogens with zero attached hydrogens (tertiary/aromatic N) is 2. The van der Waals surface area contributed by atoms with Crippen LogP contribution in [0.5, 0.6) is 17.2 Å². The normalized spacial score (nSPS) is 19.6. The molecule has 2 rings (SSSR count). The van der Waals surface area contributed by atoms with Gasteiger partial charge in [0.2, 0.25) is 5.75 Å². The monoisotopic (exact) mass is 534 g/mol. The fourth-order valence-corrected chi connectivity index (χ4v) is 4.13. The first-order chi connectivity index (χ1) is 14.0. The molecule has 1 heterocycles. The molecule has 0 amide bonds. The maximum Gasteiger partial charge on any atom is 0.203 e. The summed E-state index contributed by atoms with van der Waals surface area (Å²) < 4.78 is 16.2. The number of likely N-dealkylation sites (tertiary alicyclic amines) is 1. The predicted molar refractivity (Wildman–Crippen MR) is 134 cm³/mol. The summed E-state index contributed by atoms with van der Waals surface area (Å²) in [5.74, 6) is 4.30. The van der Waals surface area contributed by atoms with Crippen molar-refractivity contribution in [2.24, 2.45) is 16.8 Å². The van der Waals surface area contributed by atoms with Gasteiger partial charge in [-0.25, -0.2) is 0 Å². The molecule has 1 fully saturated rings. The van der Waals surface area contributed by atoms with Crippen molar-refractivity contribution in [1.29, 1.82) is 0 Å². The predicted octanol–water partition coefficient (Wildman–Crippen LogP) is 3.36. The number of hydrogen-bond acceptors (Lipinski definition) is 5. The smallest absolute Gasteiger partial charge is 0.203 e. The van der Waals surface area contributed by atoms with Crippen molar-refractivity contribution in [2.45, 2.75) is 33.2 Å². The third kappa shape index (κ3) is 8.02. The number of aliphatic imine (C=N–C) groups is 1. The highest BCUT2D eigenvalue weighted by Crippen LogP contribution is 2.38. The van der Waals surface area contributed by atoms with Gasteiger partial charge in [-0.15, -0.1) is 24.0 Å². The highest BCUT2D eigenvalue weighted by molar-refractivity contribution is 14.0. The van der Waals surface area contributed by atoms with Gasteiger partial charge in [0.05, 0.1) is 21.3 Å². The van der Waals surface area contributed by atoms with E-state index in [2.05, 4.69) is 34.4 Å². The molecule has 1 aliphatic heterocycles. The summed E-state index contributed by atoms with van der Waals surface area (Å²) in [6.07, 6.45) is 2.45. The first-order valence-corrected chi connectivity index (χ1v) is 10.5. The van der Waals surface area contributed by atoms with Gasteiger partial charge in [-0.3, -0.25) is 4.99 Å². The molecule has 1 aromatic carbocycles. The van der Waals surface area contributed by atoms with Crippen LogP contribution in [0.4, 0.5) is 0 Å². The molecule has 0 bridgehead atoms. The number of hydrogen-bond donors (Lipinski definition) is 2. The van der Waals surface area contributed by atoms with Gasteiger partial charge in [-0.1, -0.05) is 13.8 Å². The average molecular weight is 534 g/mol. The molecular weight excluding hydrogens is 495 g/mol. The largest absolute Gasteiger partial charge is 0.493 e. The molecule has 0 radical (unpaired) electrons. The Morgan fingerprint density at radius 2 is 1.63 bits per heavy atom. The standard InChI is InChI=1S/C22H38N4O3.HI/c1-16-10-17(2)15-26(14-16)9-7-8-24-22(23-3)25-13-18-11-19(27-4)21(29-6)20(12-18)28-5;/h11-12,16-17H,7-10,13-15H2,1-6H3,(H2,23,24,25);1H. The maximum atomic E-state index is 5.42. The van der Waals surface area contributed by atoms with Crippen molar-refractivity contribution in [3.63, 3.8) is 0 Å². The summed E-state index contributed by atoms with van der Waals surface area (Å²) in [4.78, 5) is 6.91. The average Bonchev–Trinajstić information content (AvgIpc) is 2.71. The SMILES string of the molecule is CN=C(NCCCN1CC(C)CC(C)C1)NCc1cc(OC)c(OC)c(OC)c1.I. The molecule has 30 heavy (non-hydrogen) atoms. The van der Waals surface area contributed by atoms with Gasteiger partial charge in [0.1, 0.15) is 0 Å². The number of halogens is 1. The molecule has 0 aliphatic carbocycles. The van der Waals surface area contributed by atoms with Crippen LogP contribution in [0, 0.1) is 11.8 Å². The molecule has 2 unspecified atom stereocenters. The van der Waals surface area contributed by atoms with Crippen LogP contribution in [0.25, 0.3) is 0 Å². The Bertz CT molecular complexity index is 637. The van der Waals surface area contributed by atoms with Crippen molar-refractivity contribution in [2.75, 3.05) is 54.6 Å². The fraction of sp³-hybridized carbons (Fsp3) is 0.682. The molecule has 2 N–H and O–H groups in total. The molecular formula is C22H39IN4O3. The Morgan fingerprint density at radius 1 is 1.03 bits per heavy atom. The number of methoxy groups -OCH3 is 3. The summed E-state index contributed by atoms with van der Waals surface area (Å²) in [5.41, 5.74) is 1.03. The Kier molecular flexibility index (Phi) is 12.2. The number of rotatable bonds is 9. The molecule has 0 spiro atoms. The van der Waals surface area contributed by atoms with Crippen LogP contribution in [0.15, 0.2) is 17.1 Å². The van der Waals surface area contributed by atoms with Gasteiger partial charge < -0.3 is 29.7 Å². The molecule has 8 heteroatoms. The summed E-state index contributed by atoms with van der Waals surface area (Å²) in [6, 6.07) is 3.89. The fourth-order valence-electron chi connectivity index (χ4n) is 4.13. The number of piperidine rings is 1. The summed E-state index contributed by atoms with van der Waals surface area (Å²) in [5, 5.41) is 6.76. The minimum atomic E-state index is 0. The lowest BCUT2D eigenvalue weighted by atomic mass is 9.92. The molecule has 7 nitrogen and oxygen atoms in total. The third-order valence-corrected chi connectivity index (χ3v) is 5.30. The van der Waals surface area contributed by atoms with Crippen LogP contribution in [0.2, 0.25) is 0 Å². The minimum absolute atomic E-state index is 0. The van der Waals surface area contributed by atoms with Gasteiger partial charge in [0.25, 0.3) is 0 Å². The highest BCUT2D eigenvalue weighted by atomic mass is 127. The second-order valence-electron chi connectivity index (χ2n) is 7.95. The van der Waals surface area contributed by atoms with E-state index in [1.807, 2.05) is 12.1 Å². The van der Waals surface area contributed by atoms with E-state index in [0.29, 0.717) is 23.8 Å². The van der Waals surface area contributed by atoms with Gasteiger partial charge >= 0.3 is 0 Å². The van der Waals surface area contributed by atoms with Crippen LogP contribution in [0.3, 0.4) is 0 Å². The van der Waals surface area contributed by atoms with E-state index in [4.69, 9.17) is 14.2 Å². The Hall–Kier alpha value is -1.42. The number of benzene rings is 1. The number of nitrogens with one attached hydrogen (secondary N) is 2.